The van der Waals surface area contributed by atoms with Crippen LogP contribution in [0.5, 0.6) is 11.5 Å². The molecule has 0 spiro atoms. The van der Waals surface area contributed by atoms with Crippen molar-refractivity contribution in [2.75, 3.05) is 20.8 Å². The van der Waals surface area contributed by atoms with Gasteiger partial charge in [-0.2, -0.15) is 0 Å². The number of thioether (sulfide) groups is 1. The summed E-state index contributed by atoms with van der Waals surface area (Å²) in [5.74, 6) is 0.651. The molecule has 3 aliphatic rings. The van der Waals surface area contributed by atoms with E-state index in [0.29, 0.717) is 27.9 Å². The highest BCUT2D eigenvalue weighted by Gasteiger charge is 2.41. The number of esters is 1. The van der Waals surface area contributed by atoms with Crippen LogP contribution >= 0.6 is 11.8 Å². The highest BCUT2D eigenvalue weighted by atomic mass is 32.2. The molecular weight excluding hydrogens is 442 g/mol. The van der Waals surface area contributed by atoms with E-state index < -0.39 is 12.0 Å². The number of allylic oxidation sites excluding steroid dienone is 1. The smallest absolute Gasteiger partial charge is 0.338 e. The third-order valence-electron chi connectivity index (χ3n) is 5.53. The summed E-state index contributed by atoms with van der Waals surface area (Å²) in [6.07, 6.45) is 3.75. The molecule has 1 amide bonds. The Morgan fingerprint density at radius 2 is 1.94 bits per heavy atom. The van der Waals surface area contributed by atoms with Crippen molar-refractivity contribution in [2.24, 2.45) is 4.99 Å². The summed E-state index contributed by atoms with van der Waals surface area (Å²) in [4.78, 5) is 32.3. The summed E-state index contributed by atoms with van der Waals surface area (Å²) in [5.41, 5.74) is 2.49. The van der Waals surface area contributed by atoms with Crippen molar-refractivity contribution in [3.63, 3.8) is 0 Å². The molecule has 0 radical (unpaired) electrons. The molecule has 0 aromatic heterocycles. The Morgan fingerprint density at radius 1 is 1.24 bits per heavy atom. The van der Waals surface area contributed by atoms with E-state index in [1.54, 1.807) is 27.2 Å². The van der Waals surface area contributed by atoms with Gasteiger partial charge in [0.2, 0.25) is 5.91 Å². The van der Waals surface area contributed by atoms with Gasteiger partial charge in [0, 0.05) is 17.8 Å². The molecule has 1 aromatic carbocycles. The molecule has 1 unspecified atom stereocenters. The molecule has 33 heavy (non-hydrogen) atoms. The number of nitrogens with one attached hydrogen (secondary N) is 1. The van der Waals surface area contributed by atoms with Crippen molar-refractivity contribution in [2.45, 2.75) is 38.3 Å². The first-order chi connectivity index (χ1) is 15.9. The Kier molecular flexibility index (Phi) is 6.78. The second-order valence-corrected chi connectivity index (χ2v) is 8.78. The number of hydrogen-bond donors (Lipinski definition) is 1. The molecular formula is C24H27N3O5S. The average Bonchev–Trinajstić information content (AvgIpc) is 3.54. The molecule has 2 heterocycles. The van der Waals surface area contributed by atoms with Gasteiger partial charge in [-0.15, -0.1) is 0 Å². The van der Waals surface area contributed by atoms with Gasteiger partial charge in [0.05, 0.1) is 38.0 Å². The fraction of sp³-hybridized carbons (Fsp3) is 0.375. The lowest BCUT2D eigenvalue weighted by molar-refractivity contribution is -0.138. The van der Waals surface area contributed by atoms with Crippen molar-refractivity contribution in [1.82, 2.24) is 10.2 Å². The summed E-state index contributed by atoms with van der Waals surface area (Å²) in [7, 11) is 3.15. The molecule has 1 N–H and O–H groups in total. The van der Waals surface area contributed by atoms with E-state index in [1.165, 1.54) is 17.8 Å². The number of rotatable bonds is 9. The van der Waals surface area contributed by atoms with Gasteiger partial charge >= 0.3 is 5.97 Å². The number of aliphatic imine (C=N–C) groups is 1. The molecule has 1 atom stereocenters. The number of nitrogens with zero attached hydrogens (tertiary/aromatic N) is 2. The van der Waals surface area contributed by atoms with Crippen LogP contribution < -0.4 is 14.8 Å². The molecule has 1 aromatic rings. The predicted molar refractivity (Wildman–Crippen MR) is 127 cm³/mol. The second-order valence-electron chi connectivity index (χ2n) is 7.94. The maximum atomic E-state index is 13.1. The molecule has 2 aliphatic heterocycles. The quantitative estimate of drug-likeness (QED) is 0.436. The van der Waals surface area contributed by atoms with Crippen molar-refractivity contribution in [1.29, 1.82) is 0 Å². The standard InChI is InChI=1S/C24H27N3O5S/c1-5-8-32-23(29)21-14(2)25-24-27(17(13-33-24)11-20(28)26-16-6-7-16)22(21)15-9-18(30-3)12-19(10-15)31-4/h5,9-10,12-13,16,22H,1,6-8,11H2,2-4H3,(H,26,28). The van der Waals surface area contributed by atoms with E-state index >= 15 is 0 Å². The number of amides is 1. The molecule has 1 fully saturated rings. The van der Waals surface area contributed by atoms with Gasteiger partial charge in [-0.05, 0) is 42.9 Å². The van der Waals surface area contributed by atoms with Crippen LogP contribution in [0.3, 0.4) is 0 Å². The molecule has 9 heteroatoms. The second kappa shape index (κ2) is 9.74. The van der Waals surface area contributed by atoms with Crippen LogP contribution in [0.25, 0.3) is 0 Å². The molecule has 1 aliphatic carbocycles. The lowest BCUT2D eigenvalue weighted by Gasteiger charge is -2.36. The average molecular weight is 470 g/mol. The largest absolute Gasteiger partial charge is 0.497 e. The number of fused-ring (bicyclic) bond motifs is 1. The number of hydrogen-bond acceptors (Lipinski definition) is 8. The molecule has 4 rings (SSSR count). The maximum absolute atomic E-state index is 13.1. The van der Waals surface area contributed by atoms with Crippen LogP contribution in [-0.4, -0.2) is 48.8 Å². The van der Waals surface area contributed by atoms with Gasteiger partial charge in [0.15, 0.2) is 5.17 Å². The van der Waals surface area contributed by atoms with Crippen LogP contribution in [0.15, 0.2) is 58.2 Å². The summed E-state index contributed by atoms with van der Waals surface area (Å²) >= 11 is 1.43. The molecule has 1 saturated carbocycles. The van der Waals surface area contributed by atoms with Crippen LogP contribution in [-0.2, 0) is 14.3 Å². The Labute approximate surface area is 197 Å². The van der Waals surface area contributed by atoms with Gasteiger partial charge in [-0.25, -0.2) is 9.79 Å². The first-order valence-corrected chi connectivity index (χ1v) is 11.6. The zero-order valence-electron chi connectivity index (χ0n) is 18.9. The lowest BCUT2D eigenvalue weighted by atomic mass is 9.93. The van der Waals surface area contributed by atoms with Crippen LogP contribution in [0.4, 0.5) is 0 Å². The van der Waals surface area contributed by atoms with Gasteiger partial charge in [0.25, 0.3) is 0 Å². The topological polar surface area (TPSA) is 89.5 Å². The minimum Gasteiger partial charge on any atom is -0.497 e. The van der Waals surface area contributed by atoms with Crippen molar-refractivity contribution < 1.29 is 23.8 Å². The first kappa shape index (κ1) is 23.0. The zero-order valence-corrected chi connectivity index (χ0v) is 19.7. The third-order valence-corrected chi connectivity index (χ3v) is 6.42. The molecule has 0 saturated heterocycles. The molecule has 8 nitrogen and oxygen atoms in total. The van der Waals surface area contributed by atoms with E-state index in [0.717, 1.165) is 24.1 Å². The van der Waals surface area contributed by atoms with E-state index in [9.17, 15) is 9.59 Å². The summed E-state index contributed by atoms with van der Waals surface area (Å²) in [6.45, 7) is 5.50. The highest BCUT2D eigenvalue weighted by Crippen LogP contribution is 2.46. The Bertz CT molecular complexity index is 1050. The number of amidine groups is 1. The van der Waals surface area contributed by atoms with Gasteiger partial charge in [0.1, 0.15) is 18.1 Å². The van der Waals surface area contributed by atoms with E-state index in [4.69, 9.17) is 14.2 Å². The van der Waals surface area contributed by atoms with Gasteiger partial charge in [-0.3, -0.25) is 4.79 Å². The monoisotopic (exact) mass is 469 g/mol. The number of methoxy groups -OCH3 is 2. The highest BCUT2D eigenvalue weighted by molar-refractivity contribution is 8.16. The Morgan fingerprint density at radius 3 is 2.55 bits per heavy atom. The van der Waals surface area contributed by atoms with Crippen molar-refractivity contribution in [3.8, 4) is 11.5 Å². The minimum absolute atomic E-state index is 0.0466. The van der Waals surface area contributed by atoms with E-state index in [1.807, 2.05) is 22.4 Å². The third kappa shape index (κ3) is 4.93. The van der Waals surface area contributed by atoms with Crippen LogP contribution in [0.1, 0.15) is 37.8 Å². The fourth-order valence-corrected chi connectivity index (χ4v) is 4.78. The van der Waals surface area contributed by atoms with E-state index in [-0.39, 0.29) is 25.0 Å². The number of carbonyl (C=O) groups is 2. The molecule has 174 valence electrons. The van der Waals surface area contributed by atoms with Crippen LogP contribution in [0, 0.1) is 0 Å². The number of benzene rings is 1. The Balaban J connectivity index is 1.76. The summed E-state index contributed by atoms with van der Waals surface area (Å²) in [5, 5.41) is 5.65. The first-order valence-electron chi connectivity index (χ1n) is 10.7. The summed E-state index contributed by atoms with van der Waals surface area (Å²) in [6, 6.07) is 5.19. The number of ether oxygens (including phenoxy) is 3. The van der Waals surface area contributed by atoms with E-state index in [2.05, 4.69) is 16.9 Å². The van der Waals surface area contributed by atoms with Crippen LogP contribution in [0.2, 0.25) is 0 Å². The minimum atomic E-state index is -0.561. The summed E-state index contributed by atoms with van der Waals surface area (Å²) < 4.78 is 16.4. The van der Waals surface area contributed by atoms with Crippen molar-refractivity contribution in [3.05, 3.63) is 58.8 Å². The fourth-order valence-electron chi connectivity index (χ4n) is 3.82. The lowest BCUT2D eigenvalue weighted by Crippen LogP contribution is -2.38. The van der Waals surface area contributed by atoms with Gasteiger partial charge in [-0.1, -0.05) is 24.4 Å². The van der Waals surface area contributed by atoms with Gasteiger partial charge < -0.3 is 24.4 Å². The Hall–Kier alpha value is -3.20. The molecule has 0 bridgehead atoms. The maximum Gasteiger partial charge on any atom is 0.338 e. The zero-order chi connectivity index (χ0) is 23.5. The predicted octanol–water partition coefficient (Wildman–Crippen LogP) is 3.68. The SMILES string of the molecule is C=CCOC(=O)C1=C(C)N=C2SC=C(CC(=O)NC3CC3)N2C1c1cc(OC)cc(OC)c1. The normalized spacial score (nSPS) is 19.4. The number of carbonyl (C=O) groups excluding carboxylic acids is 2. The van der Waals surface area contributed by atoms with Crippen molar-refractivity contribution >= 4 is 28.8 Å².